The zero-order valence-corrected chi connectivity index (χ0v) is 10.6. The lowest BCUT2D eigenvalue weighted by Gasteiger charge is -1.99. The number of carbonyl (C=O) groups is 2. The molecule has 0 unspecified atom stereocenters. The molecule has 100 valence electrons. The molecular weight excluding hydrogens is 270 g/mol. The molecule has 0 fully saturated rings. The van der Waals surface area contributed by atoms with Gasteiger partial charge in [-0.25, -0.2) is 0 Å². The van der Waals surface area contributed by atoms with E-state index in [2.05, 4.69) is 15.5 Å². The van der Waals surface area contributed by atoms with Crippen LogP contribution in [0, 0.1) is 0 Å². The van der Waals surface area contributed by atoms with Crippen LogP contribution in [0.2, 0.25) is 0 Å². The van der Waals surface area contributed by atoms with Crippen LogP contribution in [0.3, 0.4) is 0 Å². The van der Waals surface area contributed by atoms with E-state index in [-0.39, 0.29) is 25.3 Å². The Morgan fingerprint density at radius 2 is 2.32 bits per heavy atom. The van der Waals surface area contributed by atoms with Gasteiger partial charge in [0.25, 0.3) is 0 Å². The fourth-order valence-corrected chi connectivity index (χ4v) is 1.99. The molecule has 0 atom stereocenters. The minimum Gasteiger partial charge on any atom is -0.480 e. The van der Waals surface area contributed by atoms with E-state index in [0.29, 0.717) is 11.7 Å². The maximum Gasteiger partial charge on any atom is 0.322 e. The molecule has 2 heterocycles. The number of aryl methyl sites for hydroxylation is 1. The summed E-state index contributed by atoms with van der Waals surface area (Å²) >= 11 is 1.50. The van der Waals surface area contributed by atoms with Gasteiger partial charge in [0, 0.05) is 12.8 Å². The number of thiophene rings is 1. The van der Waals surface area contributed by atoms with Crippen molar-refractivity contribution in [3.05, 3.63) is 23.4 Å². The Kier molecular flexibility index (Phi) is 4.24. The lowest BCUT2D eigenvalue weighted by molar-refractivity contribution is -0.137. The van der Waals surface area contributed by atoms with Gasteiger partial charge in [-0.05, 0) is 11.4 Å². The Bertz CT molecular complexity index is 564. The number of aromatic nitrogens is 2. The second-order valence-electron chi connectivity index (χ2n) is 3.66. The molecule has 19 heavy (non-hydrogen) atoms. The Morgan fingerprint density at radius 3 is 3.00 bits per heavy atom. The van der Waals surface area contributed by atoms with Gasteiger partial charge in [-0.2, -0.15) is 4.98 Å². The van der Waals surface area contributed by atoms with Crippen LogP contribution in [-0.2, 0) is 16.0 Å². The molecule has 8 heteroatoms. The molecule has 2 N–H and O–H groups in total. The molecular formula is C11H11N3O4S. The highest BCUT2D eigenvalue weighted by Crippen LogP contribution is 2.21. The molecule has 0 spiro atoms. The fraction of sp³-hybridized carbons (Fsp3) is 0.273. The summed E-state index contributed by atoms with van der Waals surface area (Å²) in [6, 6.07) is 3.76. The van der Waals surface area contributed by atoms with E-state index in [1.54, 1.807) is 0 Å². The first-order valence-corrected chi connectivity index (χ1v) is 6.38. The van der Waals surface area contributed by atoms with Crippen molar-refractivity contribution >= 4 is 23.2 Å². The quantitative estimate of drug-likeness (QED) is 0.816. The topological polar surface area (TPSA) is 105 Å². The van der Waals surface area contributed by atoms with Crippen molar-refractivity contribution in [1.29, 1.82) is 0 Å². The summed E-state index contributed by atoms with van der Waals surface area (Å²) in [5, 5.41) is 16.4. The van der Waals surface area contributed by atoms with E-state index in [9.17, 15) is 9.59 Å². The third-order valence-electron chi connectivity index (χ3n) is 2.21. The van der Waals surface area contributed by atoms with Crippen molar-refractivity contribution in [2.45, 2.75) is 12.8 Å². The molecule has 0 saturated heterocycles. The van der Waals surface area contributed by atoms with Crippen molar-refractivity contribution < 1.29 is 19.2 Å². The Labute approximate surface area is 112 Å². The zero-order valence-electron chi connectivity index (χ0n) is 9.83. The lowest BCUT2D eigenvalue weighted by atomic mass is 10.3. The summed E-state index contributed by atoms with van der Waals surface area (Å²) in [5.74, 6) is -0.589. The number of aliphatic carboxylic acids is 1. The summed E-state index contributed by atoms with van der Waals surface area (Å²) in [6.07, 6.45) is 0.392. The number of amides is 1. The maximum atomic E-state index is 11.3. The number of hydrogen-bond donors (Lipinski definition) is 2. The summed E-state index contributed by atoms with van der Waals surface area (Å²) in [4.78, 5) is 26.6. The van der Waals surface area contributed by atoms with Crippen LogP contribution >= 0.6 is 11.3 Å². The van der Waals surface area contributed by atoms with Crippen molar-refractivity contribution in [2.24, 2.45) is 0 Å². The Morgan fingerprint density at radius 1 is 1.47 bits per heavy atom. The minimum atomic E-state index is -1.08. The first-order chi connectivity index (χ1) is 9.15. The number of hydrogen-bond acceptors (Lipinski definition) is 6. The molecule has 0 bridgehead atoms. The molecule has 7 nitrogen and oxygen atoms in total. The molecule has 2 aromatic heterocycles. The van der Waals surface area contributed by atoms with Crippen LogP contribution in [0.25, 0.3) is 10.7 Å². The Balaban J connectivity index is 1.84. The maximum absolute atomic E-state index is 11.3. The van der Waals surface area contributed by atoms with E-state index in [1.807, 2.05) is 17.5 Å². The summed E-state index contributed by atoms with van der Waals surface area (Å²) in [6.45, 7) is -0.386. The van der Waals surface area contributed by atoms with Gasteiger partial charge in [0.05, 0.1) is 4.88 Å². The number of nitrogens with zero attached hydrogens (tertiary/aromatic N) is 2. The summed E-state index contributed by atoms with van der Waals surface area (Å²) in [5.41, 5.74) is 0. The van der Waals surface area contributed by atoms with E-state index >= 15 is 0 Å². The SMILES string of the molecule is O=C(O)CNC(=O)CCc1nc(-c2cccs2)no1. The average molecular weight is 281 g/mol. The highest BCUT2D eigenvalue weighted by atomic mass is 32.1. The molecule has 0 saturated carbocycles. The molecule has 2 rings (SSSR count). The summed E-state index contributed by atoms with van der Waals surface area (Å²) in [7, 11) is 0. The van der Waals surface area contributed by atoms with Gasteiger partial charge < -0.3 is 14.9 Å². The van der Waals surface area contributed by atoms with Crippen molar-refractivity contribution in [2.75, 3.05) is 6.54 Å². The highest BCUT2D eigenvalue weighted by molar-refractivity contribution is 7.13. The predicted molar refractivity (Wildman–Crippen MR) is 66.6 cm³/mol. The van der Waals surface area contributed by atoms with Crippen LogP contribution in [0.1, 0.15) is 12.3 Å². The van der Waals surface area contributed by atoms with Crippen molar-refractivity contribution in [3.8, 4) is 10.7 Å². The zero-order chi connectivity index (χ0) is 13.7. The first-order valence-electron chi connectivity index (χ1n) is 5.50. The van der Waals surface area contributed by atoms with Gasteiger partial charge in [-0.3, -0.25) is 9.59 Å². The van der Waals surface area contributed by atoms with E-state index < -0.39 is 5.97 Å². The minimum absolute atomic E-state index is 0.110. The van der Waals surface area contributed by atoms with Gasteiger partial charge >= 0.3 is 5.97 Å². The van der Waals surface area contributed by atoms with Crippen LogP contribution < -0.4 is 5.32 Å². The lowest BCUT2D eigenvalue weighted by Crippen LogP contribution is -2.29. The number of carboxylic acids is 1. The third kappa shape index (κ3) is 3.88. The van der Waals surface area contributed by atoms with Crippen LogP contribution in [0.15, 0.2) is 22.0 Å². The smallest absolute Gasteiger partial charge is 0.322 e. The highest BCUT2D eigenvalue weighted by Gasteiger charge is 2.11. The van der Waals surface area contributed by atoms with Crippen molar-refractivity contribution in [1.82, 2.24) is 15.5 Å². The molecule has 0 aliphatic rings. The molecule has 1 amide bonds. The molecule has 2 aromatic rings. The average Bonchev–Trinajstić information content (AvgIpc) is 3.03. The molecule has 0 aliphatic carbocycles. The molecule has 0 radical (unpaired) electrons. The van der Waals surface area contributed by atoms with Gasteiger partial charge in [0.15, 0.2) is 0 Å². The third-order valence-corrected chi connectivity index (χ3v) is 3.08. The predicted octanol–water partition coefficient (Wildman–Crippen LogP) is 0.931. The van der Waals surface area contributed by atoms with E-state index in [0.717, 1.165) is 4.88 Å². The van der Waals surface area contributed by atoms with Gasteiger partial charge in [-0.1, -0.05) is 11.2 Å². The summed E-state index contributed by atoms with van der Waals surface area (Å²) < 4.78 is 5.01. The van der Waals surface area contributed by atoms with Gasteiger partial charge in [-0.15, -0.1) is 11.3 Å². The number of carboxylic acid groups (broad SMARTS) is 1. The second kappa shape index (κ2) is 6.10. The van der Waals surface area contributed by atoms with E-state index in [4.69, 9.17) is 9.63 Å². The normalized spacial score (nSPS) is 10.3. The van der Waals surface area contributed by atoms with Gasteiger partial charge in [0.2, 0.25) is 17.6 Å². The Hall–Kier alpha value is -2.22. The largest absolute Gasteiger partial charge is 0.480 e. The van der Waals surface area contributed by atoms with Crippen LogP contribution in [0.4, 0.5) is 0 Å². The fourth-order valence-electron chi connectivity index (χ4n) is 1.35. The van der Waals surface area contributed by atoms with Crippen LogP contribution in [-0.4, -0.2) is 33.7 Å². The molecule has 0 aromatic carbocycles. The van der Waals surface area contributed by atoms with E-state index in [1.165, 1.54) is 11.3 Å². The second-order valence-corrected chi connectivity index (χ2v) is 4.61. The number of carbonyl (C=O) groups excluding carboxylic acids is 1. The van der Waals surface area contributed by atoms with Crippen molar-refractivity contribution in [3.63, 3.8) is 0 Å². The molecule has 0 aliphatic heterocycles. The monoisotopic (exact) mass is 281 g/mol. The first kappa shape index (κ1) is 13.2. The van der Waals surface area contributed by atoms with Gasteiger partial charge in [0.1, 0.15) is 6.54 Å². The number of rotatable bonds is 6. The number of nitrogens with one attached hydrogen (secondary N) is 1. The van der Waals surface area contributed by atoms with Crippen LogP contribution in [0.5, 0.6) is 0 Å². The standard InChI is InChI=1S/C11H11N3O4S/c15-8(12-6-10(16)17)3-4-9-13-11(14-18-9)7-2-1-5-19-7/h1-2,5H,3-4,6H2,(H,12,15)(H,16,17).